The third-order valence-electron chi connectivity index (χ3n) is 2.87. The number of phenolic OH excluding ortho intramolecular Hbond substituents is 1. The Morgan fingerprint density at radius 1 is 1.45 bits per heavy atom. The molecule has 1 aromatic carbocycles. The van der Waals surface area contributed by atoms with Gasteiger partial charge in [-0.1, -0.05) is 15.9 Å². The monoisotopic (exact) mass is 337 g/mol. The minimum absolute atomic E-state index is 0.0851. The Labute approximate surface area is 123 Å². The average Bonchev–Trinajstić information content (AvgIpc) is 2.91. The van der Waals surface area contributed by atoms with Gasteiger partial charge >= 0.3 is 0 Å². The van der Waals surface area contributed by atoms with E-state index in [4.69, 9.17) is 4.74 Å². The van der Waals surface area contributed by atoms with Crippen LogP contribution in [0.25, 0.3) is 0 Å². The molecule has 1 heterocycles. The van der Waals surface area contributed by atoms with Gasteiger partial charge in [0.25, 0.3) is 6.47 Å². The maximum Gasteiger partial charge on any atom is 0.293 e. The van der Waals surface area contributed by atoms with Gasteiger partial charge in [0.05, 0.1) is 11.3 Å². The maximum absolute atomic E-state index is 12.3. The zero-order valence-electron chi connectivity index (χ0n) is 10.6. The second-order valence-electron chi connectivity index (χ2n) is 4.21. The second kappa shape index (κ2) is 5.92. The largest absolute Gasteiger partial charge is 0.507 e. The summed E-state index contributed by atoms with van der Waals surface area (Å²) in [5.41, 5.74) is 1.19. The van der Waals surface area contributed by atoms with Gasteiger partial charge in [-0.15, -0.1) is 0 Å². The van der Waals surface area contributed by atoms with E-state index in [-0.39, 0.29) is 17.1 Å². The fourth-order valence-corrected chi connectivity index (χ4v) is 2.14. The number of aromatic hydroxyl groups is 1. The number of benzene rings is 1. The van der Waals surface area contributed by atoms with Gasteiger partial charge in [0, 0.05) is 16.2 Å². The van der Waals surface area contributed by atoms with Crippen molar-refractivity contribution in [3.05, 3.63) is 51.8 Å². The number of H-pyrrole nitrogens is 1. The summed E-state index contributed by atoms with van der Waals surface area (Å²) in [6.07, 6.45) is 1.05. The normalized spacial score (nSPS) is 11.9. The van der Waals surface area contributed by atoms with Crippen molar-refractivity contribution in [3.63, 3.8) is 0 Å². The van der Waals surface area contributed by atoms with E-state index < -0.39 is 6.10 Å². The fourth-order valence-electron chi connectivity index (χ4n) is 1.78. The van der Waals surface area contributed by atoms with Gasteiger partial charge in [-0.3, -0.25) is 9.59 Å². The van der Waals surface area contributed by atoms with Crippen molar-refractivity contribution in [1.82, 2.24) is 4.98 Å². The first-order chi connectivity index (χ1) is 9.52. The van der Waals surface area contributed by atoms with Crippen molar-refractivity contribution in [3.8, 4) is 5.75 Å². The number of hydrogen-bond acceptors (Lipinski definition) is 4. The molecule has 0 saturated carbocycles. The first-order valence-corrected chi connectivity index (χ1v) is 6.63. The molecule has 0 bridgehead atoms. The molecule has 5 nitrogen and oxygen atoms in total. The summed E-state index contributed by atoms with van der Waals surface area (Å²) < 4.78 is 5.49. The van der Waals surface area contributed by atoms with Gasteiger partial charge in [-0.2, -0.15) is 0 Å². The quantitative estimate of drug-likeness (QED) is 0.649. The standard InChI is InChI=1S/C14H12BrNO4/c1-8(20-7-17)12-4-9(6-16-12)14(19)11-5-10(15)2-3-13(11)18/h2-8,16,18H,1H3. The Hall–Kier alpha value is -2.08. The summed E-state index contributed by atoms with van der Waals surface area (Å²) in [5, 5.41) is 9.74. The Balaban J connectivity index is 2.30. The van der Waals surface area contributed by atoms with Crippen LogP contribution >= 0.6 is 15.9 Å². The van der Waals surface area contributed by atoms with Crippen LogP contribution < -0.4 is 0 Å². The summed E-state index contributed by atoms with van der Waals surface area (Å²) in [6.45, 7) is 2.04. The van der Waals surface area contributed by atoms with E-state index >= 15 is 0 Å². The molecule has 104 valence electrons. The number of hydrogen-bond donors (Lipinski definition) is 2. The summed E-state index contributed by atoms with van der Waals surface area (Å²) in [4.78, 5) is 25.5. The SMILES string of the molecule is CC(OC=O)c1cc(C(=O)c2cc(Br)ccc2O)c[nH]1. The van der Waals surface area contributed by atoms with Crippen LogP contribution in [0.1, 0.15) is 34.6 Å². The molecule has 0 aliphatic carbocycles. The first-order valence-electron chi connectivity index (χ1n) is 5.83. The highest BCUT2D eigenvalue weighted by Crippen LogP contribution is 2.25. The lowest BCUT2D eigenvalue weighted by atomic mass is 10.0. The summed E-state index contributed by atoms with van der Waals surface area (Å²) >= 11 is 3.26. The smallest absolute Gasteiger partial charge is 0.293 e. The molecule has 0 aliphatic rings. The van der Waals surface area contributed by atoms with Crippen molar-refractivity contribution in [1.29, 1.82) is 0 Å². The lowest BCUT2D eigenvalue weighted by Gasteiger charge is -2.06. The van der Waals surface area contributed by atoms with Crippen molar-refractivity contribution < 1.29 is 19.4 Å². The Morgan fingerprint density at radius 2 is 2.20 bits per heavy atom. The van der Waals surface area contributed by atoms with E-state index in [1.165, 1.54) is 12.3 Å². The third kappa shape index (κ3) is 2.91. The molecule has 0 fully saturated rings. The van der Waals surface area contributed by atoms with E-state index in [9.17, 15) is 14.7 Å². The third-order valence-corrected chi connectivity index (χ3v) is 3.36. The number of rotatable bonds is 5. The molecular formula is C14H12BrNO4. The lowest BCUT2D eigenvalue weighted by molar-refractivity contribution is -0.133. The van der Waals surface area contributed by atoms with Crippen LogP contribution in [0.2, 0.25) is 0 Å². The molecule has 0 radical (unpaired) electrons. The highest BCUT2D eigenvalue weighted by atomic mass is 79.9. The Kier molecular flexibility index (Phi) is 4.24. The summed E-state index contributed by atoms with van der Waals surface area (Å²) in [5.74, 6) is -0.400. The van der Waals surface area contributed by atoms with E-state index in [0.29, 0.717) is 22.2 Å². The van der Waals surface area contributed by atoms with Gasteiger partial charge in [-0.05, 0) is 31.2 Å². The number of nitrogens with one attached hydrogen (secondary N) is 1. The molecule has 2 aromatic rings. The minimum Gasteiger partial charge on any atom is -0.507 e. The molecule has 20 heavy (non-hydrogen) atoms. The molecule has 0 spiro atoms. The van der Waals surface area contributed by atoms with Crippen molar-refractivity contribution in [2.75, 3.05) is 0 Å². The van der Waals surface area contributed by atoms with Gasteiger partial charge in [-0.25, -0.2) is 0 Å². The zero-order chi connectivity index (χ0) is 14.7. The number of ether oxygens (including phenoxy) is 1. The molecule has 1 atom stereocenters. The molecular weight excluding hydrogens is 326 g/mol. The lowest BCUT2D eigenvalue weighted by Crippen LogP contribution is -2.01. The topological polar surface area (TPSA) is 79.4 Å². The van der Waals surface area contributed by atoms with Crippen LogP contribution in [-0.2, 0) is 9.53 Å². The number of phenols is 1. The van der Waals surface area contributed by atoms with Gasteiger partial charge in [0.1, 0.15) is 11.9 Å². The number of carbonyl (C=O) groups excluding carboxylic acids is 2. The van der Waals surface area contributed by atoms with Crippen molar-refractivity contribution in [2.24, 2.45) is 0 Å². The number of ketones is 1. The molecule has 0 amide bonds. The zero-order valence-corrected chi connectivity index (χ0v) is 12.2. The fraction of sp³-hybridized carbons (Fsp3) is 0.143. The van der Waals surface area contributed by atoms with E-state index in [1.54, 1.807) is 25.1 Å². The predicted octanol–water partition coefficient (Wildman–Crippen LogP) is 2.95. The van der Waals surface area contributed by atoms with Crippen LogP contribution in [0.3, 0.4) is 0 Å². The molecule has 6 heteroatoms. The van der Waals surface area contributed by atoms with E-state index in [2.05, 4.69) is 20.9 Å². The minimum atomic E-state index is -0.467. The van der Waals surface area contributed by atoms with Crippen LogP contribution in [0.4, 0.5) is 0 Å². The Bertz CT molecular complexity index is 650. The Morgan fingerprint density at radius 3 is 2.90 bits per heavy atom. The van der Waals surface area contributed by atoms with E-state index in [1.807, 2.05) is 0 Å². The van der Waals surface area contributed by atoms with Crippen molar-refractivity contribution in [2.45, 2.75) is 13.0 Å². The van der Waals surface area contributed by atoms with Crippen LogP contribution in [0, 0.1) is 0 Å². The van der Waals surface area contributed by atoms with Gasteiger partial charge in [0.15, 0.2) is 5.78 Å². The van der Waals surface area contributed by atoms with Crippen LogP contribution in [0.5, 0.6) is 5.75 Å². The molecule has 0 aliphatic heterocycles. The molecule has 0 saturated heterocycles. The van der Waals surface area contributed by atoms with Gasteiger partial charge < -0.3 is 14.8 Å². The number of aromatic nitrogens is 1. The molecule has 1 aromatic heterocycles. The highest BCUT2D eigenvalue weighted by Gasteiger charge is 2.17. The molecule has 2 N–H and O–H groups in total. The predicted molar refractivity (Wildman–Crippen MR) is 75.6 cm³/mol. The van der Waals surface area contributed by atoms with Crippen molar-refractivity contribution >= 4 is 28.2 Å². The second-order valence-corrected chi connectivity index (χ2v) is 5.12. The summed E-state index contributed by atoms with van der Waals surface area (Å²) in [6, 6.07) is 6.24. The van der Waals surface area contributed by atoms with Crippen LogP contribution in [-0.4, -0.2) is 22.3 Å². The van der Waals surface area contributed by atoms with E-state index in [0.717, 1.165) is 0 Å². The number of halogens is 1. The highest BCUT2D eigenvalue weighted by molar-refractivity contribution is 9.10. The maximum atomic E-state index is 12.3. The average molecular weight is 338 g/mol. The molecule has 2 rings (SSSR count). The molecule has 1 unspecified atom stereocenters. The first kappa shape index (κ1) is 14.3. The van der Waals surface area contributed by atoms with Crippen LogP contribution in [0.15, 0.2) is 34.9 Å². The van der Waals surface area contributed by atoms with Gasteiger partial charge in [0.2, 0.25) is 0 Å². The summed E-state index contributed by atoms with van der Waals surface area (Å²) in [7, 11) is 0. The number of carbonyl (C=O) groups is 2. The number of aromatic amines is 1.